The van der Waals surface area contributed by atoms with Crippen molar-refractivity contribution in [3.05, 3.63) is 17.5 Å². The van der Waals surface area contributed by atoms with Gasteiger partial charge in [0.25, 0.3) is 0 Å². The topological polar surface area (TPSA) is 43.8 Å². The fraction of sp³-hybridized carbons (Fsp3) is 0.700. The summed E-state index contributed by atoms with van der Waals surface area (Å²) in [6, 6.07) is 2.19. The molecule has 0 saturated heterocycles. The SMILES string of the molecule is CCc1cc(CCCCN)n(C)n1. The second-order valence-electron chi connectivity index (χ2n) is 3.35. The van der Waals surface area contributed by atoms with Gasteiger partial charge in [0.2, 0.25) is 0 Å². The van der Waals surface area contributed by atoms with Gasteiger partial charge in [-0.2, -0.15) is 5.10 Å². The number of unbranched alkanes of at least 4 members (excludes halogenated alkanes) is 1. The van der Waals surface area contributed by atoms with E-state index < -0.39 is 0 Å². The number of aryl methyl sites for hydroxylation is 3. The summed E-state index contributed by atoms with van der Waals surface area (Å²) < 4.78 is 1.98. The lowest BCUT2D eigenvalue weighted by molar-refractivity contribution is 0.659. The number of nitrogens with two attached hydrogens (primary N) is 1. The van der Waals surface area contributed by atoms with Crippen LogP contribution in [0.25, 0.3) is 0 Å². The van der Waals surface area contributed by atoms with Crippen LogP contribution in [0.1, 0.15) is 31.2 Å². The first kappa shape index (κ1) is 10.3. The molecular weight excluding hydrogens is 162 g/mol. The highest BCUT2D eigenvalue weighted by molar-refractivity contribution is 5.10. The summed E-state index contributed by atoms with van der Waals surface area (Å²) >= 11 is 0. The maximum atomic E-state index is 5.44. The van der Waals surface area contributed by atoms with Crippen LogP contribution in [0.4, 0.5) is 0 Å². The van der Waals surface area contributed by atoms with E-state index in [4.69, 9.17) is 5.73 Å². The zero-order valence-corrected chi connectivity index (χ0v) is 8.58. The lowest BCUT2D eigenvalue weighted by Crippen LogP contribution is -2.02. The smallest absolute Gasteiger partial charge is 0.0624 e. The standard InChI is InChI=1S/C10H19N3/c1-3-9-8-10(13(2)12-9)6-4-5-7-11/h8H,3-7,11H2,1-2H3. The average Bonchev–Trinajstić information content (AvgIpc) is 2.48. The summed E-state index contributed by atoms with van der Waals surface area (Å²) in [5.74, 6) is 0. The van der Waals surface area contributed by atoms with E-state index in [1.165, 1.54) is 17.8 Å². The molecule has 0 fully saturated rings. The minimum Gasteiger partial charge on any atom is -0.330 e. The van der Waals surface area contributed by atoms with Gasteiger partial charge in [-0.05, 0) is 38.3 Å². The van der Waals surface area contributed by atoms with Gasteiger partial charge in [-0.1, -0.05) is 6.92 Å². The molecule has 0 bridgehead atoms. The van der Waals surface area contributed by atoms with Crippen LogP contribution < -0.4 is 5.73 Å². The summed E-state index contributed by atoms with van der Waals surface area (Å²) in [6.07, 6.45) is 4.39. The van der Waals surface area contributed by atoms with Crippen molar-refractivity contribution in [1.29, 1.82) is 0 Å². The number of rotatable bonds is 5. The van der Waals surface area contributed by atoms with Crippen molar-refractivity contribution in [2.24, 2.45) is 12.8 Å². The third-order valence-corrected chi connectivity index (χ3v) is 2.28. The predicted molar refractivity (Wildman–Crippen MR) is 54.6 cm³/mol. The molecule has 0 aliphatic carbocycles. The second-order valence-corrected chi connectivity index (χ2v) is 3.35. The summed E-state index contributed by atoms with van der Waals surface area (Å²) in [7, 11) is 2.01. The quantitative estimate of drug-likeness (QED) is 0.695. The third-order valence-electron chi connectivity index (χ3n) is 2.28. The average molecular weight is 181 g/mol. The summed E-state index contributed by atoms with van der Waals surface area (Å²) in [6.45, 7) is 2.92. The van der Waals surface area contributed by atoms with Gasteiger partial charge in [0, 0.05) is 12.7 Å². The molecule has 0 radical (unpaired) electrons. The molecule has 1 aromatic heterocycles. The molecule has 1 heterocycles. The molecule has 0 aliphatic rings. The first-order valence-electron chi connectivity index (χ1n) is 4.99. The van der Waals surface area contributed by atoms with Crippen LogP contribution in [0.5, 0.6) is 0 Å². The summed E-state index contributed by atoms with van der Waals surface area (Å²) in [4.78, 5) is 0. The Labute approximate surface area is 79.9 Å². The van der Waals surface area contributed by atoms with E-state index in [0.29, 0.717) is 0 Å². The van der Waals surface area contributed by atoms with Gasteiger partial charge < -0.3 is 5.73 Å². The Bertz CT molecular complexity index is 253. The second kappa shape index (κ2) is 5.02. The molecule has 2 N–H and O–H groups in total. The Morgan fingerprint density at radius 3 is 2.77 bits per heavy atom. The van der Waals surface area contributed by atoms with Crippen molar-refractivity contribution >= 4 is 0 Å². The van der Waals surface area contributed by atoms with Crippen molar-refractivity contribution in [2.75, 3.05) is 6.54 Å². The van der Waals surface area contributed by atoms with Crippen LogP contribution >= 0.6 is 0 Å². The molecule has 0 aliphatic heterocycles. The Kier molecular flexibility index (Phi) is 3.96. The van der Waals surface area contributed by atoms with Crippen LogP contribution in [0.15, 0.2) is 6.07 Å². The van der Waals surface area contributed by atoms with Crippen LogP contribution in [-0.2, 0) is 19.9 Å². The van der Waals surface area contributed by atoms with Gasteiger partial charge in [0.05, 0.1) is 5.69 Å². The number of aromatic nitrogens is 2. The van der Waals surface area contributed by atoms with Gasteiger partial charge in [-0.15, -0.1) is 0 Å². The minimum atomic E-state index is 0.790. The Hall–Kier alpha value is -0.830. The van der Waals surface area contributed by atoms with E-state index in [0.717, 1.165) is 25.8 Å². The summed E-state index contributed by atoms with van der Waals surface area (Å²) in [5.41, 5.74) is 7.95. The van der Waals surface area contributed by atoms with Crippen molar-refractivity contribution < 1.29 is 0 Å². The fourth-order valence-electron chi connectivity index (χ4n) is 1.43. The first-order valence-corrected chi connectivity index (χ1v) is 4.99. The largest absolute Gasteiger partial charge is 0.330 e. The van der Waals surface area contributed by atoms with Crippen LogP contribution in [0.3, 0.4) is 0 Å². The molecule has 0 atom stereocenters. The van der Waals surface area contributed by atoms with E-state index in [-0.39, 0.29) is 0 Å². The number of hydrogen-bond donors (Lipinski definition) is 1. The van der Waals surface area contributed by atoms with Crippen molar-refractivity contribution in [3.8, 4) is 0 Å². The molecule has 0 aromatic carbocycles. The normalized spacial score (nSPS) is 10.7. The van der Waals surface area contributed by atoms with Gasteiger partial charge in [0.15, 0.2) is 0 Å². The minimum absolute atomic E-state index is 0.790. The molecule has 0 saturated carbocycles. The first-order chi connectivity index (χ1) is 6.27. The summed E-state index contributed by atoms with van der Waals surface area (Å²) in [5, 5.41) is 4.39. The van der Waals surface area contributed by atoms with Gasteiger partial charge in [0.1, 0.15) is 0 Å². The molecule has 74 valence electrons. The molecule has 0 unspecified atom stereocenters. The molecule has 3 heteroatoms. The Morgan fingerprint density at radius 1 is 1.46 bits per heavy atom. The molecule has 1 rings (SSSR count). The predicted octanol–water partition coefficient (Wildman–Crippen LogP) is 1.26. The Balaban J connectivity index is 2.50. The third kappa shape index (κ3) is 2.84. The zero-order chi connectivity index (χ0) is 9.68. The maximum Gasteiger partial charge on any atom is 0.0624 e. The number of nitrogens with zero attached hydrogens (tertiary/aromatic N) is 2. The van der Waals surface area contributed by atoms with E-state index in [1.54, 1.807) is 0 Å². The van der Waals surface area contributed by atoms with Gasteiger partial charge >= 0.3 is 0 Å². The molecule has 1 aromatic rings. The van der Waals surface area contributed by atoms with Crippen LogP contribution in [0, 0.1) is 0 Å². The maximum absolute atomic E-state index is 5.44. The van der Waals surface area contributed by atoms with E-state index in [1.807, 2.05) is 11.7 Å². The molecule has 3 nitrogen and oxygen atoms in total. The molecule has 0 amide bonds. The van der Waals surface area contributed by atoms with Crippen molar-refractivity contribution in [3.63, 3.8) is 0 Å². The molecule has 13 heavy (non-hydrogen) atoms. The monoisotopic (exact) mass is 181 g/mol. The lowest BCUT2D eigenvalue weighted by atomic mass is 10.2. The van der Waals surface area contributed by atoms with Crippen LogP contribution in [0.2, 0.25) is 0 Å². The molecule has 0 spiro atoms. The van der Waals surface area contributed by atoms with E-state index in [2.05, 4.69) is 18.1 Å². The fourth-order valence-corrected chi connectivity index (χ4v) is 1.43. The van der Waals surface area contributed by atoms with Gasteiger partial charge in [-0.3, -0.25) is 4.68 Å². The highest BCUT2D eigenvalue weighted by Gasteiger charge is 2.02. The van der Waals surface area contributed by atoms with Gasteiger partial charge in [-0.25, -0.2) is 0 Å². The lowest BCUT2D eigenvalue weighted by Gasteiger charge is -1.99. The highest BCUT2D eigenvalue weighted by Crippen LogP contribution is 2.07. The van der Waals surface area contributed by atoms with E-state index in [9.17, 15) is 0 Å². The molecular formula is C10H19N3. The number of hydrogen-bond acceptors (Lipinski definition) is 2. The van der Waals surface area contributed by atoms with Crippen molar-refractivity contribution in [2.45, 2.75) is 32.6 Å². The Morgan fingerprint density at radius 2 is 2.23 bits per heavy atom. The van der Waals surface area contributed by atoms with Crippen molar-refractivity contribution in [1.82, 2.24) is 9.78 Å². The highest BCUT2D eigenvalue weighted by atomic mass is 15.3. The van der Waals surface area contributed by atoms with E-state index >= 15 is 0 Å². The zero-order valence-electron chi connectivity index (χ0n) is 8.58. The van der Waals surface area contributed by atoms with Crippen LogP contribution in [-0.4, -0.2) is 16.3 Å².